The number of para-hydroxylation sites is 2. The van der Waals surface area contributed by atoms with Crippen molar-refractivity contribution in [1.82, 2.24) is 9.91 Å². The van der Waals surface area contributed by atoms with Crippen LogP contribution in [0.3, 0.4) is 0 Å². The van der Waals surface area contributed by atoms with E-state index in [-0.39, 0.29) is 11.8 Å². The average molecular weight is 426 g/mol. The van der Waals surface area contributed by atoms with Crippen LogP contribution in [0.1, 0.15) is 36.4 Å². The van der Waals surface area contributed by atoms with Crippen LogP contribution in [0, 0.1) is 0 Å². The summed E-state index contributed by atoms with van der Waals surface area (Å²) in [6, 6.07) is 26.8. The van der Waals surface area contributed by atoms with E-state index in [2.05, 4.69) is 53.4 Å². The van der Waals surface area contributed by atoms with Gasteiger partial charge in [-0.2, -0.15) is 5.10 Å². The summed E-state index contributed by atoms with van der Waals surface area (Å²) in [6.07, 6.45) is 2.79. The molecule has 1 atom stereocenters. The molecule has 1 saturated heterocycles. The Morgan fingerprint density at radius 2 is 1.56 bits per heavy atom. The summed E-state index contributed by atoms with van der Waals surface area (Å²) in [5.74, 6) is 2.69. The average Bonchev–Trinajstić information content (AvgIpc) is 3.29. The number of fused-ring (bicyclic) bond motifs is 4. The SMILES string of the molecule is CN1CCC2(CC1)Oc1ccccc1C1CC(c3ccc(Oc4ccccc4)cc3)=NN12. The molecule has 0 aliphatic carbocycles. The Hall–Kier alpha value is -3.31. The standard InChI is InChI=1S/C27H27N3O2/c1-29-17-15-27(16-18-29)30-25(23-9-5-6-10-26(23)32-27)19-24(28-30)20-11-13-22(14-12-20)31-21-7-3-2-4-8-21/h2-14,25H,15-19H2,1H3. The summed E-state index contributed by atoms with van der Waals surface area (Å²) in [7, 11) is 2.18. The van der Waals surface area contributed by atoms with Crippen molar-refractivity contribution in [3.05, 3.63) is 90.0 Å². The summed E-state index contributed by atoms with van der Waals surface area (Å²) in [5, 5.41) is 7.43. The third kappa shape index (κ3) is 3.33. The molecule has 3 aromatic carbocycles. The van der Waals surface area contributed by atoms with Gasteiger partial charge < -0.3 is 14.4 Å². The Labute approximate surface area is 188 Å². The van der Waals surface area contributed by atoms with Gasteiger partial charge in [-0.1, -0.05) is 36.4 Å². The molecule has 3 aliphatic rings. The van der Waals surface area contributed by atoms with E-state index in [4.69, 9.17) is 14.6 Å². The van der Waals surface area contributed by atoms with E-state index in [1.54, 1.807) is 0 Å². The molecule has 0 aromatic heterocycles. The maximum Gasteiger partial charge on any atom is 0.200 e. The van der Waals surface area contributed by atoms with Crippen molar-refractivity contribution in [3.63, 3.8) is 0 Å². The number of nitrogens with zero attached hydrogens (tertiary/aromatic N) is 3. The van der Waals surface area contributed by atoms with Gasteiger partial charge in [0.1, 0.15) is 17.2 Å². The fraction of sp³-hybridized carbons (Fsp3) is 0.296. The predicted molar refractivity (Wildman–Crippen MR) is 125 cm³/mol. The van der Waals surface area contributed by atoms with Gasteiger partial charge >= 0.3 is 0 Å². The summed E-state index contributed by atoms with van der Waals surface area (Å²) >= 11 is 0. The number of likely N-dealkylation sites (tertiary alicyclic amines) is 1. The maximum atomic E-state index is 6.66. The molecule has 162 valence electrons. The normalized spacial score (nSPS) is 21.5. The molecule has 1 unspecified atom stereocenters. The van der Waals surface area contributed by atoms with Crippen molar-refractivity contribution >= 4 is 5.71 Å². The lowest BCUT2D eigenvalue weighted by molar-refractivity contribution is -0.147. The fourth-order valence-electron chi connectivity index (χ4n) is 5.04. The highest BCUT2D eigenvalue weighted by Crippen LogP contribution is 2.49. The first-order valence-corrected chi connectivity index (χ1v) is 11.4. The van der Waals surface area contributed by atoms with Gasteiger partial charge in [0.15, 0.2) is 0 Å². The lowest BCUT2D eigenvalue weighted by atomic mass is 9.91. The summed E-state index contributed by atoms with van der Waals surface area (Å²) < 4.78 is 12.6. The second-order valence-electron chi connectivity index (χ2n) is 8.94. The Kier molecular flexibility index (Phi) is 4.65. The van der Waals surface area contributed by atoms with Crippen molar-refractivity contribution in [1.29, 1.82) is 0 Å². The van der Waals surface area contributed by atoms with E-state index in [1.807, 2.05) is 42.5 Å². The van der Waals surface area contributed by atoms with Crippen molar-refractivity contribution < 1.29 is 9.47 Å². The third-order valence-electron chi connectivity index (χ3n) is 6.84. The van der Waals surface area contributed by atoms with Gasteiger partial charge in [0.05, 0.1) is 11.8 Å². The number of benzene rings is 3. The molecule has 1 spiro atoms. The minimum absolute atomic E-state index is 0.221. The quantitative estimate of drug-likeness (QED) is 0.560. The molecule has 1 fully saturated rings. The molecule has 3 heterocycles. The predicted octanol–water partition coefficient (Wildman–Crippen LogP) is 5.44. The van der Waals surface area contributed by atoms with Gasteiger partial charge in [-0.05, 0) is 55.1 Å². The highest BCUT2D eigenvalue weighted by atomic mass is 16.5. The zero-order valence-corrected chi connectivity index (χ0v) is 18.3. The van der Waals surface area contributed by atoms with Gasteiger partial charge in [-0.3, -0.25) is 0 Å². The molecule has 3 aromatic rings. The minimum Gasteiger partial charge on any atom is -0.466 e. The van der Waals surface area contributed by atoms with Crippen LogP contribution in [-0.4, -0.2) is 41.5 Å². The molecule has 0 saturated carbocycles. The largest absolute Gasteiger partial charge is 0.466 e. The first-order chi connectivity index (χ1) is 15.7. The van der Waals surface area contributed by atoms with Crippen LogP contribution in [0.5, 0.6) is 17.2 Å². The van der Waals surface area contributed by atoms with Crippen LogP contribution in [-0.2, 0) is 0 Å². The van der Waals surface area contributed by atoms with Crippen molar-refractivity contribution in [2.45, 2.75) is 31.0 Å². The number of rotatable bonds is 3. The molecular formula is C27H27N3O2. The van der Waals surface area contributed by atoms with Gasteiger partial charge in [-0.15, -0.1) is 0 Å². The molecular weight excluding hydrogens is 398 g/mol. The number of hydrogen-bond acceptors (Lipinski definition) is 5. The number of ether oxygens (including phenoxy) is 2. The lowest BCUT2D eigenvalue weighted by Crippen LogP contribution is -2.58. The molecule has 0 N–H and O–H groups in total. The zero-order chi connectivity index (χ0) is 21.5. The fourth-order valence-corrected chi connectivity index (χ4v) is 5.04. The van der Waals surface area contributed by atoms with E-state index < -0.39 is 0 Å². The molecule has 0 amide bonds. The van der Waals surface area contributed by atoms with Gasteiger partial charge in [0.25, 0.3) is 0 Å². The Morgan fingerprint density at radius 1 is 0.875 bits per heavy atom. The van der Waals surface area contributed by atoms with Gasteiger partial charge in [-0.25, -0.2) is 5.01 Å². The smallest absolute Gasteiger partial charge is 0.200 e. The molecule has 6 rings (SSSR count). The maximum absolute atomic E-state index is 6.66. The van der Waals surface area contributed by atoms with E-state index in [9.17, 15) is 0 Å². The van der Waals surface area contributed by atoms with Crippen molar-refractivity contribution in [2.75, 3.05) is 20.1 Å². The first kappa shape index (κ1) is 19.4. The summed E-state index contributed by atoms with van der Waals surface area (Å²) in [6.45, 7) is 2.03. The van der Waals surface area contributed by atoms with Crippen LogP contribution in [0.4, 0.5) is 0 Å². The van der Waals surface area contributed by atoms with Crippen LogP contribution in [0.2, 0.25) is 0 Å². The van der Waals surface area contributed by atoms with Crippen LogP contribution in [0.25, 0.3) is 0 Å². The van der Waals surface area contributed by atoms with Crippen molar-refractivity contribution in [2.24, 2.45) is 5.10 Å². The van der Waals surface area contributed by atoms with Gasteiger partial charge in [0.2, 0.25) is 5.72 Å². The van der Waals surface area contributed by atoms with E-state index in [1.165, 1.54) is 5.56 Å². The number of hydrazone groups is 1. The van der Waals surface area contributed by atoms with E-state index in [0.29, 0.717) is 0 Å². The number of piperidine rings is 1. The molecule has 0 bridgehead atoms. The molecule has 5 nitrogen and oxygen atoms in total. The summed E-state index contributed by atoms with van der Waals surface area (Å²) in [4.78, 5) is 2.37. The van der Waals surface area contributed by atoms with Crippen LogP contribution < -0.4 is 9.47 Å². The van der Waals surface area contributed by atoms with Crippen LogP contribution >= 0.6 is 0 Å². The lowest BCUT2D eigenvalue weighted by Gasteiger charge is -2.50. The highest BCUT2D eigenvalue weighted by Gasteiger charge is 2.51. The molecule has 32 heavy (non-hydrogen) atoms. The summed E-state index contributed by atoms with van der Waals surface area (Å²) in [5.41, 5.74) is 3.13. The van der Waals surface area contributed by atoms with E-state index >= 15 is 0 Å². The third-order valence-corrected chi connectivity index (χ3v) is 6.84. The molecule has 5 heteroatoms. The second kappa shape index (κ2) is 7.68. The first-order valence-electron chi connectivity index (χ1n) is 11.4. The topological polar surface area (TPSA) is 37.3 Å². The Bertz CT molecular complexity index is 1140. The van der Waals surface area contributed by atoms with Gasteiger partial charge in [0, 0.05) is 37.9 Å². The van der Waals surface area contributed by atoms with Crippen molar-refractivity contribution in [3.8, 4) is 17.2 Å². The molecule has 3 aliphatic heterocycles. The monoisotopic (exact) mass is 425 g/mol. The number of hydrogen-bond donors (Lipinski definition) is 0. The highest BCUT2D eigenvalue weighted by molar-refractivity contribution is 6.02. The Balaban J connectivity index is 1.30. The van der Waals surface area contributed by atoms with Crippen LogP contribution in [0.15, 0.2) is 84.0 Å². The Morgan fingerprint density at radius 3 is 2.34 bits per heavy atom. The molecule has 0 radical (unpaired) electrons. The zero-order valence-electron chi connectivity index (χ0n) is 18.3. The minimum atomic E-state index is -0.357. The van der Waals surface area contributed by atoms with E-state index in [0.717, 1.165) is 60.9 Å². The second-order valence-corrected chi connectivity index (χ2v) is 8.94.